The lowest BCUT2D eigenvalue weighted by molar-refractivity contribution is -0.870. The van der Waals surface area contributed by atoms with Crippen molar-refractivity contribution >= 4 is 17.9 Å². The summed E-state index contributed by atoms with van der Waals surface area (Å²) in [6.45, 7) is 4.60. The van der Waals surface area contributed by atoms with Crippen molar-refractivity contribution in [1.29, 1.82) is 0 Å². The highest BCUT2D eigenvalue weighted by molar-refractivity contribution is 5.71. The lowest BCUT2D eigenvalue weighted by Gasteiger charge is -2.25. The first-order valence-corrected chi connectivity index (χ1v) is 28.3. The number of carboxylic acid groups (broad SMARTS) is 1. The molecule has 0 bridgehead atoms. The summed E-state index contributed by atoms with van der Waals surface area (Å²) in [6.07, 6.45) is 73.8. The third kappa shape index (κ3) is 55.0. The maximum Gasteiger partial charge on any atom is 0.361 e. The molecule has 0 fully saturated rings. The number of quaternary nitrogens is 1. The number of hydrogen-bond acceptors (Lipinski definition) is 7. The molecule has 1 N–H and O–H groups in total. The van der Waals surface area contributed by atoms with Crippen LogP contribution in [-0.2, 0) is 33.3 Å². The Hall–Kier alpha value is -4.57. The van der Waals surface area contributed by atoms with Crippen LogP contribution in [0.5, 0.6) is 0 Å². The molecular weight excluding hydrogens is 911 g/mol. The van der Waals surface area contributed by atoms with Crippen LogP contribution in [0.1, 0.15) is 194 Å². The molecule has 73 heavy (non-hydrogen) atoms. The van der Waals surface area contributed by atoms with Gasteiger partial charge in [0.15, 0.2) is 6.10 Å². The van der Waals surface area contributed by atoms with Gasteiger partial charge in [-0.1, -0.05) is 205 Å². The molecule has 0 aromatic rings. The number of ether oxygens (including phenoxy) is 4. The lowest BCUT2D eigenvalue weighted by atomic mass is 10.1. The molecule has 0 radical (unpaired) electrons. The molecule has 2 unspecified atom stereocenters. The van der Waals surface area contributed by atoms with Crippen LogP contribution >= 0.6 is 0 Å². The fourth-order valence-corrected chi connectivity index (χ4v) is 7.10. The molecule has 0 aliphatic carbocycles. The second-order valence-corrected chi connectivity index (χ2v) is 19.5. The van der Waals surface area contributed by atoms with E-state index in [1.807, 2.05) is 21.1 Å². The molecule has 0 aliphatic rings. The minimum atomic E-state index is -1.53. The lowest BCUT2D eigenvalue weighted by Crippen LogP contribution is -2.40. The summed E-state index contributed by atoms with van der Waals surface area (Å²) >= 11 is 0. The third-order valence-corrected chi connectivity index (χ3v) is 11.4. The Morgan fingerprint density at radius 3 is 1.10 bits per heavy atom. The van der Waals surface area contributed by atoms with Gasteiger partial charge >= 0.3 is 17.9 Å². The summed E-state index contributed by atoms with van der Waals surface area (Å²) in [5.74, 6) is -2.06. The van der Waals surface area contributed by atoms with E-state index in [0.717, 1.165) is 141 Å². The quantitative estimate of drug-likeness (QED) is 0.0211. The number of carbonyl (C=O) groups excluding carboxylic acids is 2. The number of nitrogens with zero attached hydrogens (tertiary/aromatic N) is 1. The smallest absolute Gasteiger partial charge is 0.361 e. The number of carbonyl (C=O) groups is 3. The van der Waals surface area contributed by atoms with E-state index < -0.39 is 24.3 Å². The largest absolute Gasteiger partial charge is 0.477 e. The van der Waals surface area contributed by atoms with E-state index >= 15 is 0 Å². The molecule has 0 amide bonds. The van der Waals surface area contributed by atoms with Crippen LogP contribution in [0.25, 0.3) is 0 Å². The van der Waals surface area contributed by atoms with Crippen molar-refractivity contribution < 1.29 is 42.9 Å². The molecule has 0 aromatic carbocycles. The van der Waals surface area contributed by atoms with E-state index in [-0.39, 0.29) is 38.6 Å². The maximum atomic E-state index is 12.9. The molecule has 0 rings (SSSR count). The summed E-state index contributed by atoms with van der Waals surface area (Å²) in [4.78, 5) is 37.4. The fourth-order valence-electron chi connectivity index (χ4n) is 7.10. The Labute approximate surface area is 446 Å². The number of hydrogen-bond donors (Lipinski definition) is 1. The van der Waals surface area contributed by atoms with E-state index in [1.165, 1.54) is 19.3 Å². The normalized spacial score (nSPS) is 13.8. The van der Waals surface area contributed by atoms with Crippen LogP contribution in [0, 0.1) is 0 Å². The van der Waals surface area contributed by atoms with Gasteiger partial charge in [0.1, 0.15) is 13.2 Å². The van der Waals surface area contributed by atoms with Crippen LogP contribution in [0.2, 0.25) is 0 Å². The fraction of sp³-hybridized carbons (Fsp3) is 0.609. The zero-order chi connectivity index (χ0) is 53.4. The maximum absolute atomic E-state index is 12.9. The molecule has 0 saturated carbocycles. The summed E-state index contributed by atoms with van der Waals surface area (Å²) in [5, 5.41) is 9.69. The van der Waals surface area contributed by atoms with Crippen LogP contribution in [-0.4, -0.2) is 87.4 Å². The first kappa shape index (κ1) is 68.4. The predicted octanol–water partition coefficient (Wildman–Crippen LogP) is 16.7. The van der Waals surface area contributed by atoms with E-state index in [2.05, 4.69) is 148 Å². The Morgan fingerprint density at radius 1 is 0.411 bits per heavy atom. The number of rotatable bonds is 50. The van der Waals surface area contributed by atoms with Gasteiger partial charge < -0.3 is 28.5 Å². The van der Waals surface area contributed by atoms with Gasteiger partial charge in [-0.3, -0.25) is 9.59 Å². The van der Waals surface area contributed by atoms with E-state index in [4.69, 9.17) is 18.9 Å². The highest BCUT2D eigenvalue weighted by Gasteiger charge is 2.25. The molecule has 0 aliphatic heterocycles. The van der Waals surface area contributed by atoms with Crippen LogP contribution in [0.3, 0.4) is 0 Å². The second-order valence-electron chi connectivity index (χ2n) is 19.5. The molecule has 2 atom stereocenters. The monoisotopic (exact) mass is 1010 g/mol. The number of allylic oxidation sites excluding steroid dienone is 22. The van der Waals surface area contributed by atoms with Gasteiger partial charge in [0, 0.05) is 12.8 Å². The SMILES string of the molecule is CC/C=C\C/C=C\C/C=C\C/C=C\C/C=C\C/C=C\C/C=C\C/C=C\CCCCCCCCC(=O)OC(COC(=O)CCCCCCCCC/C=C\C/C=C\C/C=C\CC)COC(OCC[N+](C)(C)C)C(=O)O. The van der Waals surface area contributed by atoms with Crippen molar-refractivity contribution in [2.45, 2.75) is 206 Å². The molecular formula is C64H104NO8+. The highest BCUT2D eigenvalue weighted by atomic mass is 16.7. The van der Waals surface area contributed by atoms with Crippen molar-refractivity contribution in [2.24, 2.45) is 0 Å². The van der Waals surface area contributed by atoms with Gasteiger partial charge in [-0.2, -0.15) is 0 Å². The Kier molecular flexibility index (Phi) is 50.4. The van der Waals surface area contributed by atoms with Gasteiger partial charge in [0.05, 0.1) is 34.4 Å². The zero-order valence-corrected chi connectivity index (χ0v) is 46.7. The van der Waals surface area contributed by atoms with Crippen molar-refractivity contribution in [2.75, 3.05) is 47.5 Å². The van der Waals surface area contributed by atoms with E-state index in [9.17, 15) is 19.5 Å². The predicted molar refractivity (Wildman–Crippen MR) is 308 cm³/mol. The molecule has 0 saturated heterocycles. The van der Waals surface area contributed by atoms with Crippen molar-refractivity contribution in [3.8, 4) is 0 Å². The van der Waals surface area contributed by atoms with Crippen LogP contribution < -0.4 is 0 Å². The summed E-state index contributed by atoms with van der Waals surface area (Å²) in [7, 11) is 5.94. The minimum absolute atomic E-state index is 0.175. The average molecular weight is 1020 g/mol. The summed E-state index contributed by atoms with van der Waals surface area (Å²) in [5.41, 5.74) is 0. The first-order valence-electron chi connectivity index (χ1n) is 28.3. The highest BCUT2D eigenvalue weighted by Crippen LogP contribution is 2.14. The topological polar surface area (TPSA) is 108 Å². The van der Waals surface area contributed by atoms with Gasteiger partial charge in [0.25, 0.3) is 6.29 Å². The van der Waals surface area contributed by atoms with E-state index in [1.54, 1.807) is 0 Å². The second kappa shape index (κ2) is 53.7. The van der Waals surface area contributed by atoms with Crippen molar-refractivity contribution in [3.05, 3.63) is 134 Å². The molecule has 0 heterocycles. The third-order valence-electron chi connectivity index (χ3n) is 11.4. The minimum Gasteiger partial charge on any atom is -0.477 e. The molecule has 9 nitrogen and oxygen atoms in total. The van der Waals surface area contributed by atoms with Crippen molar-refractivity contribution in [1.82, 2.24) is 0 Å². The van der Waals surface area contributed by atoms with Gasteiger partial charge in [-0.15, -0.1) is 0 Å². The van der Waals surface area contributed by atoms with Crippen molar-refractivity contribution in [3.63, 3.8) is 0 Å². The Bertz CT molecular complexity index is 1650. The van der Waals surface area contributed by atoms with E-state index in [0.29, 0.717) is 17.4 Å². The standard InChI is InChI=1S/C64H103NO8/c1-6-8-10-12-14-16-18-20-22-24-25-26-27-28-29-30-31-32-33-34-35-36-37-39-41-43-45-47-49-51-53-55-62(67)73-60(59-72-64(63(68)69)70-57-56-65(3,4)5)58-71-61(66)54-52-50-48-46-44-42-40-38-23-21-19-17-15-13-11-9-7-2/h8-11,14-17,20-23,25-26,28-29,31-32,34-35,37,39,60,64H,6-7,12-13,18-19,24,27,30,33,36,38,40-59H2,1-5H3/p+1/b10-8-,11-9-,16-14-,17-15-,22-20-,23-21-,26-25-,29-28-,32-31-,35-34-,39-37-. The van der Waals surface area contributed by atoms with Gasteiger partial charge in [0.2, 0.25) is 0 Å². The number of carboxylic acids is 1. The van der Waals surface area contributed by atoms with Gasteiger partial charge in [-0.05, 0) is 109 Å². The van der Waals surface area contributed by atoms with Crippen LogP contribution in [0.15, 0.2) is 134 Å². The Morgan fingerprint density at radius 2 is 0.740 bits per heavy atom. The number of esters is 2. The molecule has 9 heteroatoms. The Balaban J connectivity index is 4.33. The van der Waals surface area contributed by atoms with Gasteiger partial charge in [-0.25, -0.2) is 4.79 Å². The molecule has 0 aromatic heterocycles. The molecule has 412 valence electrons. The summed E-state index contributed by atoms with van der Waals surface area (Å²) in [6, 6.07) is 0. The first-order chi connectivity index (χ1) is 35.6. The average Bonchev–Trinajstić information content (AvgIpc) is 3.36. The van der Waals surface area contributed by atoms with Crippen LogP contribution in [0.4, 0.5) is 0 Å². The zero-order valence-electron chi connectivity index (χ0n) is 46.7. The number of unbranched alkanes of at least 4 members (excludes halogenated alkanes) is 13. The molecule has 0 spiro atoms. The number of likely N-dealkylation sites (N-methyl/N-ethyl adjacent to an activating group) is 1. The summed E-state index contributed by atoms with van der Waals surface area (Å²) < 4.78 is 22.8. The number of aliphatic carboxylic acids is 1.